The Bertz CT molecular complexity index is 723. The van der Waals surface area contributed by atoms with Crippen LogP contribution in [0.4, 0.5) is 5.82 Å². The first-order valence-electron chi connectivity index (χ1n) is 8.84. The number of nitrogens with one attached hydrogen (secondary N) is 1. The molecule has 2 aromatic rings. The van der Waals surface area contributed by atoms with Crippen molar-refractivity contribution in [1.29, 1.82) is 0 Å². The van der Waals surface area contributed by atoms with Gasteiger partial charge >= 0.3 is 0 Å². The number of anilines is 1. The molecule has 6 heteroatoms. The van der Waals surface area contributed by atoms with E-state index < -0.39 is 0 Å². The van der Waals surface area contributed by atoms with Crippen molar-refractivity contribution in [3.05, 3.63) is 47.2 Å². The summed E-state index contributed by atoms with van der Waals surface area (Å²) in [5, 5.41) is 4.19. The van der Waals surface area contributed by atoms with Gasteiger partial charge in [-0.2, -0.15) is 4.98 Å². The molecule has 2 unspecified atom stereocenters. The van der Waals surface area contributed by atoms with Gasteiger partial charge in [0.1, 0.15) is 12.4 Å². The second-order valence-corrected chi connectivity index (χ2v) is 7.21. The average Bonchev–Trinajstić information content (AvgIpc) is 3.46. The van der Waals surface area contributed by atoms with Gasteiger partial charge in [-0.3, -0.25) is 4.98 Å². The summed E-state index contributed by atoms with van der Waals surface area (Å²) >= 11 is 5.99. The van der Waals surface area contributed by atoms with Gasteiger partial charge in [0.05, 0.1) is 18.5 Å². The Morgan fingerprint density at radius 1 is 1.24 bits per heavy atom. The molecule has 1 saturated carbocycles. The zero-order valence-corrected chi connectivity index (χ0v) is 14.8. The Labute approximate surface area is 152 Å². The van der Waals surface area contributed by atoms with E-state index in [-0.39, 0.29) is 0 Å². The molecule has 1 aliphatic carbocycles. The van der Waals surface area contributed by atoms with Crippen molar-refractivity contribution in [2.45, 2.75) is 44.4 Å². The molecule has 4 rings (SSSR count). The molecule has 2 heterocycles. The van der Waals surface area contributed by atoms with E-state index in [1.807, 2.05) is 24.3 Å². The molecule has 25 heavy (non-hydrogen) atoms. The molecule has 5 nitrogen and oxygen atoms in total. The van der Waals surface area contributed by atoms with Crippen molar-refractivity contribution < 1.29 is 9.47 Å². The van der Waals surface area contributed by atoms with Gasteiger partial charge in [-0.15, -0.1) is 0 Å². The maximum Gasteiger partial charge on any atom is 0.234 e. The number of hydrogen-bond acceptors (Lipinski definition) is 5. The lowest BCUT2D eigenvalue weighted by Crippen LogP contribution is -2.35. The zero-order valence-electron chi connectivity index (χ0n) is 14.0. The minimum atomic E-state index is 0.386. The molecule has 2 fully saturated rings. The molecular formula is C19H22ClN3O2. The highest BCUT2D eigenvalue weighted by atomic mass is 35.5. The predicted octanol–water partition coefficient (Wildman–Crippen LogP) is 4.08. The molecule has 1 aromatic heterocycles. The summed E-state index contributed by atoms with van der Waals surface area (Å²) in [6.07, 6.45) is 8.44. The maximum atomic E-state index is 5.99. The summed E-state index contributed by atoms with van der Waals surface area (Å²) in [6, 6.07) is 8.00. The van der Waals surface area contributed by atoms with Crippen molar-refractivity contribution in [3.63, 3.8) is 0 Å². The maximum absolute atomic E-state index is 5.99. The first kappa shape index (κ1) is 16.6. The standard InChI is InChI=1S/C19H22ClN3O2/c20-15-3-1-2-13(8-15)12-25-19-11-21-10-18(23-19)22-16-6-7-24-17(9-16)14-4-5-14/h1-3,8,10-11,14,16-17H,4-7,9,12H2,(H,22,23). The zero-order chi connectivity index (χ0) is 17.1. The summed E-state index contributed by atoms with van der Waals surface area (Å²) in [5.74, 6) is 2.03. The Balaban J connectivity index is 1.34. The van der Waals surface area contributed by atoms with E-state index in [4.69, 9.17) is 21.1 Å². The molecule has 0 amide bonds. The monoisotopic (exact) mass is 359 g/mol. The van der Waals surface area contributed by atoms with Crippen LogP contribution < -0.4 is 10.1 Å². The number of benzene rings is 1. The Morgan fingerprint density at radius 3 is 3.00 bits per heavy atom. The van der Waals surface area contributed by atoms with Gasteiger partial charge in [-0.1, -0.05) is 23.7 Å². The van der Waals surface area contributed by atoms with Crippen LogP contribution in [0.2, 0.25) is 5.02 Å². The van der Waals surface area contributed by atoms with E-state index >= 15 is 0 Å². The van der Waals surface area contributed by atoms with E-state index in [2.05, 4.69) is 15.3 Å². The van der Waals surface area contributed by atoms with Gasteiger partial charge in [0.25, 0.3) is 0 Å². The third-order valence-corrected chi connectivity index (χ3v) is 4.94. The predicted molar refractivity (Wildman–Crippen MR) is 96.9 cm³/mol. The fourth-order valence-electron chi connectivity index (χ4n) is 3.24. The highest BCUT2D eigenvalue weighted by molar-refractivity contribution is 6.30. The molecule has 1 saturated heterocycles. The summed E-state index contributed by atoms with van der Waals surface area (Å²) in [5.41, 5.74) is 1.00. The Morgan fingerprint density at radius 2 is 2.16 bits per heavy atom. The van der Waals surface area contributed by atoms with E-state index in [0.717, 1.165) is 36.7 Å². The summed E-state index contributed by atoms with van der Waals surface area (Å²) in [7, 11) is 0. The first-order chi connectivity index (χ1) is 12.3. The van der Waals surface area contributed by atoms with Crippen LogP contribution in [0.1, 0.15) is 31.2 Å². The molecule has 1 aliphatic heterocycles. The van der Waals surface area contributed by atoms with Crippen LogP contribution in [-0.2, 0) is 11.3 Å². The lowest BCUT2D eigenvalue weighted by atomic mass is 10.0. The summed E-state index contributed by atoms with van der Waals surface area (Å²) in [6.45, 7) is 1.23. The molecular weight excluding hydrogens is 338 g/mol. The Kier molecular flexibility index (Phi) is 5.04. The average molecular weight is 360 g/mol. The number of halogens is 1. The summed E-state index contributed by atoms with van der Waals surface area (Å²) in [4.78, 5) is 8.76. The van der Waals surface area contributed by atoms with Crippen LogP contribution in [0, 0.1) is 5.92 Å². The minimum Gasteiger partial charge on any atom is -0.472 e. The van der Waals surface area contributed by atoms with Crippen LogP contribution in [-0.4, -0.2) is 28.7 Å². The fraction of sp³-hybridized carbons (Fsp3) is 0.474. The molecule has 1 aromatic carbocycles. The Hall–Kier alpha value is -1.85. The highest BCUT2D eigenvalue weighted by Crippen LogP contribution is 2.38. The highest BCUT2D eigenvalue weighted by Gasteiger charge is 2.35. The van der Waals surface area contributed by atoms with Crippen molar-refractivity contribution in [3.8, 4) is 5.88 Å². The van der Waals surface area contributed by atoms with E-state index in [0.29, 0.717) is 29.7 Å². The van der Waals surface area contributed by atoms with Crippen LogP contribution in [0.5, 0.6) is 5.88 Å². The topological polar surface area (TPSA) is 56.3 Å². The van der Waals surface area contributed by atoms with E-state index in [1.165, 1.54) is 12.8 Å². The largest absolute Gasteiger partial charge is 0.472 e. The number of aromatic nitrogens is 2. The van der Waals surface area contributed by atoms with Gasteiger partial charge in [-0.05, 0) is 49.3 Å². The number of ether oxygens (including phenoxy) is 2. The first-order valence-corrected chi connectivity index (χ1v) is 9.21. The van der Waals surface area contributed by atoms with Gasteiger partial charge in [0.2, 0.25) is 5.88 Å². The normalized spacial score (nSPS) is 23.2. The van der Waals surface area contributed by atoms with Gasteiger partial charge in [0.15, 0.2) is 0 Å². The van der Waals surface area contributed by atoms with Gasteiger partial charge < -0.3 is 14.8 Å². The second kappa shape index (κ2) is 7.58. The van der Waals surface area contributed by atoms with Crippen LogP contribution >= 0.6 is 11.6 Å². The molecule has 132 valence electrons. The van der Waals surface area contributed by atoms with E-state index in [1.54, 1.807) is 12.4 Å². The molecule has 2 atom stereocenters. The van der Waals surface area contributed by atoms with Gasteiger partial charge in [0, 0.05) is 17.7 Å². The molecule has 1 N–H and O–H groups in total. The minimum absolute atomic E-state index is 0.386. The van der Waals surface area contributed by atoms with Crippen LogP contribution in [0.3, 0.4) is 0 Å². The van der Waals surface area contributed by atoms with Crippen LogP contribution in [0.15, 0.2) is 36.7 Å². The molecule has 0 bridgehead atoms. The van der Waals surface area contributed by atoms with Crippen molar-refractivity contribution in [2.24, 2.45) is 5.92 Å². The van der Waals surface area contributed by atoms with Crippen molar-refractivity contribution in [1.82, 2.24) is 9.97 Å². The fourth-order valence-corrected chi connectivity index (χ4v) is 3.45. The number of nitrogens with zero attached hydrogens (tertiary/aromatic N) is 2. The SMILES string of the molecule is Clc1cccc(COc2cncc(NC3CCOC(C4CC4)C3)n2)c1. The molecule has 2 aliphatic rings. The van der Waals surface area contributed by atoms with Crippen LogP contribution in [0.25, 0.3) is 0 Å². The third kappa shape index (κ3) is 4.61. The molecule has 0 radical (unpaired) electrons. The summed E-state index contributed by atoms with van der Waals surface area (Å²) < 4.78 is 11.6. The third-order valence-electron chi connectivity index (χ3n) is 4.70. The molecule has 0 spiro atoms. The lowest BCUT2D eigenvalue weighted by Gasteiger charge is -2.30. The smallest absolute Gasteiger partial charge is 0.234 e. The van der Waals surface area contributed by atoms with Crippen molar-refractivity contribution >= 4 is 17.4 Å². The van der Waals surface area contributed by atoms with E-state index in [9.17, 15) is 0 Å². The van der Waals surface area contributed by atoms with Crippen molar-refractivity contribution in [2.75, 3.05) is 11.9 Å². The lowest BCUT2D eigenvalue weighted by molar-refractivity contribution is -0.00224. The quantitative estimate of drug-likeness (QED) is 0.842. The second-order valence-electron chi connectivity index (χ2n) is 6.77. The van der Waals surface area contributed by atoms with Gasteiger partial charge in [-0.25, -0.2) is 0 Å². The number of rotatable bonds is 6. The number of hydrogen-bond donors (Lipinski definition) is 1.